The summed E-state index contributed by atoms with van der Waals surface area (Å²) >= 11 is 6.29. The number of benzene rings is 1. The van der Waals surface area contributed by atoms with Crippen LogP contribution in [-0.4, -0.2) is 43.2 Å². The summed E-state index contributed by atoms with van der Waals surface area (Å²) < 4.78 is 11.1. The zero-order valence-corrected chi connectivity index (χ0v) is 14.3. The van der Waals surface area contributed by atoms with Crippen LogP contribution in [0.15, 0.2) is 12.1 Å². The van der Waals surface area contributed by atoms with E-state index in [2.05, 4.69) is 13.8 Å². The van der Waals surface area contributed by atoms with Gasteiger partial charge in [-0.2, -0.15) is 0 Å². The van der Waals surface area contributed by atoms with E-state index in [1.54, 1.807) is 6.07 Å². The van der Waals surface area contributed by atoms with Gasteiger partial charge in [0.15, 0.2) is 11.5 Å². The number of amides is 1. The number of ether oxygens (including phenoxy) is 2. The molecule has 1 fully saturated rings. The summed E-state index contributed by atoms with van der Waals surface area (Å²) in [5.74, 6) is 2.18. The van der Waals surface area contributed by atoms with Gasteiger partial charge in [-0.15, -0.1) is 0 Å². The van der Waals surface area contributed by atoms with Gasteiger partial charge in [-0.05, 0) is 23.5 Å². The van der Waals surface area contributed by atoms with E-state index in [4.69, 9.17) is 26.8 Å². The molecule has 2 aliphatic heterocycles. The van der Waals surface area contributed by atoms with Crippen molar-refractivity contribution in [1.29, 1.82) is 0 Å². The summed E-state index contributed by atoms with van der Waals surface area (Å²) in [7, 11) is 0. The lowest BCUT2D eigenvalue weighted by Crippen LogP contribution is -2.33. The van der Waals surface area contributed by atoms with Gasteiger partial charge in [0.2, 0.25) is 5.91 Å². The maximum atomic E-state index is 12.6. The number of halogens is 1. The van der Waals surface area contributed by atoms with Crippen molar-refractivity contribution in [1.82, 2.24) is 4.90 Å². The Bertz CT molecular complexity index is 606. The van der Waals surface area contributed by atoms with Gasteiger partial charge in [-0.1, -0.05) is 25.4 Å². The molecule has 0 aliphatic carbocycles. The van der Waals surface area contributed by atoms with Crippen LogP contribution in [0.3, 0.4) is 0 Å². The third-order valence-corrected chi connectivity index (χ3v) is 5.03. The predicted molar refractivity (Wildman–Crippen MR) is 89.0 cm³/mol. The van der Waals surface area contributed by atoms with Crippen molar-refractivity contribution in [2.45, 2.75) is 26.3 Å². The molecule has 2 heterocycles. The Morgan fingerprint density at radius 1 is 1.30 bits per heavy atom. The van der Waals surface area contributed by atoms with Gasteiger partial charge in [0.05, 0.1) is 6.42 Å². The standard InChI is InChI=1S/C17H23ClN2O3/c1-10(2)12-8-20(9-14(12)19)17(21)6-11-5-15-16(7-13(11)18)23-4-3-22-15/h5,7,10,12,14H,3-4,6,8-9,19H2,1-2H3/t12-,14+/m1/s1. The maximum absolute atomic E-state index is 12.6. The Balaban J connectivity index is 1.71. The minimum absolute atomic E-state index is 0.0506. The highest BCUT2D eigenvalue weighted by molar-refractivity contribution is 6.31. The average molecular weight is 339 g/mol. The van der Waals surface area contributed by atoms with E-state index in [0.717, 1.165) is 12.1 Å². The molecule has 23 heavy (non-hydrogen) atoms. The van der Waals surface area contributed by atoms with Crippen LogP contribution >= 0.6 is 11.6 Å². The van der Waals surface area contributed by atoms with Crippen LogP contribution in [0.2, 0.25) is 5.02 Å². The second-order valence-corrected chi connectivity index (χ2v) is 7.04. The molecule has 1 aromatic carbocycles. The molecule has 0 bridgehead atoms. The lowest BCUT2D eigenvalue weighted by atomic mass is 9.92. The van der Waals surface area contributed by atoms with E-state index in [1.807, 2.05) is 11.0 Å². The number of fused-ring (bicyclic) bond motifs is 1. The molecular weight excluding hydrogens is 316 g/mol. The normalized spacial score (nSPS) is 23.4. The molecular formula is C17H23ClN2O3. The zero-order chi connectivity index (χ0) is 16.6. The smallest absolute Gasteiger partial charge is 0.227 e. The Labute approximate surface area is 141 Å². The van der Waals surface area contributed by atoms with Crippen LogP contribution in [0.4, 0.5) is 0 Å². The summed E-state index contributed by atoms with van der Waals surface area (Å²) in [6.07, 6.45) is 0.257. The summed E-state index contributed by atoms with van der Waals surface area (Å²) in [6.45, 7) is 6.67. The van der Waals surface area contributed by atoms with E-state index in [0.29, 0.717) is 48.1 Å². The number of nitrogens with zero attached hydrogens (tertiary/aromatic N) is 1. The quantitative estimate of drug-likeness (QED) is 0.916. The molecule has 2 aliphatic rings. The van der Waals surface area contributed by atoms with E-state index in [1.165, 1.54) is 0 Å². The monoisotopic (exact) mass is 338 g/mol. The maximum Gasteiger partial charge on any atom is 0.227 e. The van der Waals surface area contributed by atoms with Crippen molar-refractivity contribution in [3.63, 3.8) is 0 Å². The summed E-state index contributed by atoms with van der Waals surface area (Å²) in [5, 5.41) is 0.534. The first-order valence-corrected chi connectivity index (χ1v) is 8.45. The second-order valence-electron chi connectivity index (χ2n) is 6.63. The Kier molecular flexibility index (Phi) is 4.69. The van der Waals surface area contributed by atoms with Crippen LogP contribution < -0.4 is 15.2 Å². The molecule has 2 atom stereocenters. The van der Waals surface area contributed by atoms with E-state index in [-0.39, 0.29) is 18.4 Å². The number of hydrogen-bond acceptors (Lipinski definition) is 4. The third kappa shape index (κ3) is 3.40. The van der Waals surface area contributed by atoms with E-state index < -0.39 is 0 Å². The molecule has 0 aromatic heterocycles. The van der Waals surface area contributed by atoms with Gasteiger partial charge in [-0.25, -0.2) is 0 Å². The molecule has 6 heteroatoms. The number of rotatable bonds is 3. The molecule has 1 amide bonds. The van der Waals surface area contributed by atoms with Crippen molar-refractivity contribution in [2.24, 2.45) is 17.6 Å². The van der Waals surface area contributed by atoms with Crippen LogP contribution in [0.1, 0.15) is 19.4 Å². The number of carbonyl (C=O) groups is 1. The number of hydrogen-bond donors (Lipinski definition) is 1. The molecule has 1 saturated heterocycles. The van der Waals surface area contributed by atoms with Gasteiger partial charge < -0.3 is 20.1 Å². The summed E-state index contributed by atoms with van der Waals surface area (Å²) in [6, 6.07) is 3.59. The van der Waals surface area contributed by atoms with Crippen molar-refractivity contribution in [3.05, 3.63) is 22.7 Å². The van der Waals surface area contributed by atoms with Gasteiger partial charge in [0, 0.05) is 30.2 Å². The molecule has 0 spiro atoms. The first-order valence-electron chi connectivity index (χ1n) is 8.07. The number of carbonyl (C=O) groups excluding carboxylic acids is 1. The van der Waals surface area contributed by atoms with E-state index in [9.17, 15) is 4.79 Å². The fourth-order valence-electron chi connectivity index (χ4n) is 3.28. The van der Waals surface area contributed by atoms with Crippen molar-refractivity contribution < 1.29 is 14.3 Å². The second kappa shape index (κ2) is 6.57. The molecule has 2 N–H and O–H groups in total. The molecule has 0 saturated carbocycles. The summed E-state index contributed by atoms with van der Waals surface area (Å²) in [5.41, 5.74) is 6.93. The minimum atomic E-state index is 0.0506. The van der Waals surface area contributed by atoms with Crippen LogP contribution in [-0.2, 0) is 11.2 Å². The molecule has 1 aromatic rings. The topological polar surface area (TPSA) is 64.8 Å². The number of likely N-dealkylation sites (tertiary alicyclic amines) is 1. The first kappa shape index (κ1) is 16.4. The lowest BCUT2D eigenvalue weighted by molar-refractivity contribution is -0.129. The highest BCUT2D eigenvalue weighted by Gasteiger charge is 2.34. The van der Waals surface area contributed by atoms with Crippen LogP contribution in [0, 0.1) is 11.8 Å². The summed E-state index contributed by atoms with van der Waals surface area (Å²) in [4.78, 5) is 14.4. The fourth-order valence-corrected chi connectivity index (χ4v) is 3.50. The molecule has 126 valence electrons. The number of nitrogens with two attached hydrogens (primary N) is 1. The molecule has 0 unspecified atom stereocenters. The Morgan fingerprint density at radius 3 is 2.57 bits per heavy atom. The van der Waals surface area contributed by atoms with E-state index >= 15 is 0 Å². The molecule has 5 nitrogen and oxygen atoms in total. The average Bonchev–Trinajstić information content (AvgIpc) is 2.90. The Morgan fingerprint density at radius 2 is 1.96 bits per heavy atom. The minimum Gasteiger partial charge on any atom is -0.486 e. The van der Waals surface area contributed by atoms with Crippen molar-refractivity contribution >= 4 is 17.5 Å². The first-order chi connectivity index (χ1) is 11.0. The lowest BCUT2D eigenvalue weighted by Gasteiger charge is -2.21. The zero-order valence-electron chi connectivity index (χ0n) is 13.5. The van der Waals surface area contributed by atoms with Crippen molar-refractivity contribution in [3.8, 4) is 11.5 Å². The van der Waals surface area contributed by atoms with Crippen LogP contribution in [0.25, 0.3) is 0 Å². The predicted octanol–water partition coefficient (Wildman–Crippen LogP) is 2.10. The van der Waals surface area contributed by atoms with Gasteiger partial charge >= 0.3 is 0 Å². The fraction of sp³-hybridized carbons (Fsp3) is 0.588. The SMILES string of the molecule is CC(C)[C@H]1CN(C(=O)Cc2cc3c(cc2Cl)OCCO3)C[C@@H]1N. The Hall–Kier alpha value is -1.46. The molecule has 3 rings (SSSR count). The van der Waals surface area contributed by atoms with Gasteiger partial charge in [0.25, 0.3) is 0 Å². The highest BCUT2D eigenvalue weighted by Crippen LogP contribution is 2.36. The van der Waals surface area contributed by atoms with Gasteiger partial charge in [0.1, 0.15) is 13.2 Å². The third-order valence-electron chi connectivity index (χ3n) is 4.67. The largest absolute Gasteiger partial charge is 0.486 e. The highest BCUT2D eigenvalue weighted by atomic mass is 35.5. The van der Waals surface area contributed by atoms with Crippen molar-refractivity contribution in [2.75, 3.05) is 26.3 Å². The van der Waals surface area contributed by atoms with Crippen LogP contribution in [0.5, 0.6) is 11.5 Å². The van der Waals surface area contributed by atoms with Gasteiger partial charge in [-0.3, -0.25) is 4.79 Å². The molecule has 0 radical (unpaired) electrons.